The number of unbranched alkanes of at least 4 members (excludes halogenated alkanes) is 1. The van der Waals surface area contributed by atoms with E-state index in [0.717, 1.165) is 12.8 Å². The summed E-state index contributed by atoms with van der Waals surface area (Å²) in [4.78, 5) is 21.8. The molecule has 0 atom stereocenters. The van der Waals surface area contributed by atoms with Crippen LogP contribution in [0.2, 0.25) is 0 Å². The number of hydrogen-bond acceptors (Lipinski definition) is 3. The van der Waals surface area contributed by atoms with Crippen LogP contribution in [0.15, 0.2) is 24.3 Å². The van der Waals surface area contributed by atoms with E-state index in [1.807, 2.05) is 0 Å². The van der Waals surface area contributed by atoms with Gasteiger partial charge in [0.05, 0.1) is 0 Å². The van der Waals surface area contributed by atoms with Crippen LogP contribution in [0.1, 0.15) is 19.8 Å². The van der Waals surface area contributed by atoms with E-state index in [-0.39, 0.29) is 12.6 Å². The summed E-state index contributed by atoms with van der Waals surface area (Å²) >= 11 is 0. The van der Waals surface area contributed by atoms with Crippen molar-refractivity contribution in [3.63, 3.8) is 0 Å². The lowest BCUT2D eigenvalue weighted by molar-refractivity contribution is -0.139. The van der Waals surface area contributed by atoms with E-state index >= 15 is 0 Å². The number of hydrogen-bond donors (Lipinski definition) is 3. The quantitative estimate of drug-likeness (QED) is 0.659. The number of carbonyl (C=O) groups excluding carboxylic acids is 1. The van der Waals surface area contributed by atoms with Crippen LogP contribution in [0.4, 0.5) is 10.5 Å². The number of rotatable bonds is 7. The highest BCUT2D eigenvalue weighted by Crippen LogP contribution is 2.15. The summed E-state index contributed by atoms with van der Waals surface area (Å²) in [5.41, 5.74) is 0.622. The maximum atomic E-state index is 11.5. The van der Waals surface area contributed by atoms with Crippen LogP contribution in [0, 0.1) is 0 Å². The lowest BCUT2D eigenvalue weighted by Gasteiger charge is -2.08. The molecule has 0 saturated carbocycles. The first-order valence-corrected chi connectivity index (χ1v) is 6.11. The van der Waals surface area contributed by atoms with Crippen molar-refractivity contribution in [3.8, 4) is 5.75 Å². The Labute approximate surface area is 111 Å². The Morgan fingerprint density at radius 1 is 1.26 bits per heavy atom. The van der Waals surface area contributed by atoms with Gasteiger partial charge in [0.25, 0.3) is 0 Å². The second-order valence-electron chi connectivity index (χ2n) is 3.94. The maximum Gasteiger partial charge on any atom is 0.341 e. The van der Waals surface area contributed by atoms with Crippen molar-refractivity contribution in [1.29, 1.82) is 0 Å². The molecule has 0 aliphatic heterocycles. The molecule has 6 nitrogen and oxygen atoms in total. The van der Waals surface area contributed by atoms with E-state index in [1.54, 1.807) is 24.3 Å². The lowest BCUT2D eigenvalue weighted by Crippen LogP contribution is -2.29. The molecular formula is C13H18N2O4. The standard InChI is InChI=1S/C13H18N2O4/c1-2-3-8-14-13(18)15-10-4-6-11(7-5-10)19-9-12(16)17/h4-7H,2-3,8-9H2,1H3,(H,16,17)(H2,14,15,18). The average Bonchev–Trinajstić information content (AvgIpc) is 2.38. The Morgan fingerprint density at radius 2 is 1.95 bits per heavy atom. The Balaban J connectivity index is 2.39. The van der Waals surface area contributed by atoms with Crippen LogP contribution < -0.4 is 15.4 Å². The summed E-state index contributed by atoms with van der Waals surface area (Å²) in [6.07, 6.45) is 1.96. The number of aliphatic carboxylic acids is 1. The van der Waals surface area contributed by atoms with Crippen molar-refractivity contribution >= 4 is 17.7 Å². The topological polar surface area (TPSA) is 87.7 Å². The fourth-order valence-electron chi connectivity index (χ4n) is 1.33. The number of benzene rings is 1. The van der Waals surface area contributed by atoms with Crippen LogP contribution >= 0.6 is 0 Å². The predicted octanol–water partition coefficient (Wildman–Crippen LogP) is 2.07. The summed E-state index contributed by atoms with van der Waals surface area (Å²) in [5, 5.41) is 13.9. The van der Waals surface area contributed by atoms with Crippen molar-refractivity contribution in [2.45, 2.75) is 19.8 Å². The number of amides is 2. The van der Waals surface area contributed by atoms with Gasteiger partial charge in [-0.2, -0.15) is 0 Å². The summed E-state index contributed by atoms with van der Waals surface area (Å²) < 4.78 is 4.98. The van der Waals surface area contributed by atoms with Gasteiger partial charge in [-0.15, -0.1) is 0 Å². The molecular weight excluding hydrogens is 248 g/mol. The molecule has 0 fully saturated rings. The number of urea groups is 1. The number of ether oxygens (including phenoxy) is 1. The fourth-order valence-corrected chi connectivity index (χ4v) is 1.33. The highest BCUT2D eigenvalue weighted by molar-refractivity contribution is 5.89. The Bertz CT molecular complexity index is 417. The monoisotopic (exact) mass is 266 g/mol. The van der Waals surface area contributed by atoms with Gasteiger partial charge in [0.2, 0.25) is 0 Å². The SMILES string of the molecule is CCCCNC(=O)Nc1ccc(OCC(=O)O)cc1. The molecule has 0 unspecified atom stereocenters. The van der Waals surface area contributed by atoms with E-state index in [4.69, 9.17) is 9.84 Å². The maximum absolute atomic E-state index is 11.5. The number of nitrogens with one attached hydrogen (secondary N) is 2. The third-order valence-corrected chi connectivity index (χ3v) is 2.29. The molecule has 6 heteroatoms. The van der Waals surface area contributed by atoms with Gasteiger partial charge in [-0.25, -0.2) is 9.59 Å². The van der Waals surface area contributed by atoms with Crippen LogP contribution in [0.25, 0.3) is 0 Å². The van der Waals surface area contributed by atoms with E-state index in [0.29, 0.717) is 18.0 Å². The summed E-state index contributed by atoms with van der Waals surface area (Å²) in [7, 11) is 0. The molecule has 0 aliphatic rings. The van der Waals surface area contributed by atoms with Crippen LogP contribution in [0.3, 0.4) is 0 Å². The number of carboxylic acids is 1. The Morgan fingerprint density at radius 3 is 2.53 bits per heavy atom. The van der Waals surface area contributed by atoms with E-state index in [2.05, 4.69) is 17.6 Å². The summed E-state index contributed by atoms with van der Waals surface area (Å²) in [6, 6.07) is 6.25. The molecule has 0 radical (unpaired) electrons. The fraction of sp³-hybridized carbons (Fsp3) is 0.385. The molecule has 19 heavy (non-hydrogen) atoms. The molecule has 1 rings (SSSR count). The Kier molecular flexibility index (Phi) is 6.21. The molecule has 1 aromatic rings. The third kappa shape index (κ3) is 6.30. The van der Waals surface area contributed by atoms with Gasteiger partial charge in [0.1, 0.15) is 5.75 Å². The highest BCUT2D eigenvalue weighted by Gasteiger charge is 2.02. The zero-order valence-electron chi connectivity index (χ0n) is 10.8. The molecule has 1 aromatic carbocycles. The zero-order chi connectivity index (χ0) is 14.1. The molecule has 0 heterocycles. The Hall–Kier alpha value is -2.24. The van der Waals surface area contributed by atoms with Crippen LogP contribution in [-0.2, 0) is 4.79 Å². The van der Waals surface area contributed by atoms with Crippen molar-refractivity contribution in [3.05, 3.63) is 24.3 Å². The van der Waals surface area contributed by atoms with Crippen molar-refractivity contribution in [2.24, 2.45) is 0 Å². The minimum atomic E-state index is -1.03. The summed E-state index contributed by atoms with van der Waals surface area (Å²) in [5.74, 6) is -0.586. The van der Waals surface area contributed by atoms with Crippen molar-refractivity contribution < 1.29 is 19.4 Å². The molecule has 0 aromatic heterocycles. The van der Waals surface area contributed by atoms with E-state index in [1.165, 1.54) is 0 Å². The van der Waals surface area contributed by atoms with E-state index < -0.39 is 5.97 Å². The summed E-state index contributed by atoms with van der Waals surface area (Å²) in [6.45, 7) is 2.31. The molecule has 104 valence electrons. The van der Waals surface area contributed by atoms with Gasteiger partial charge in [-0.3, -0.25) is 0 Å². The lowest BCUT2D eigenvalue weighted by atomic mass is 10.3. The number of carboxylic acid groups (broad SMARTS) is 1. The molecule has 0 bridgehead atoms. The molecule has 2 amide bonds. The van der Waals surface area contributed by atoms with Crippen LogP contribution in [-0.4, -0.2) is 30.3 Å². The molecule has 3 N–H and O–H groups in total. The van der Waals surface area contributed by atoms with Gasteiger partial charge < -0.3 is 20.5 Å². The zero-order valence-corrected chi connectivity index (χ0v) is 10.8. The minimum absolute atomic E-state index is 0.257. The smallest absolute Gasteiger partial charge is 0.341 e. The normalized spacial score (nSPS) is 9.74. The number of carbonyl (C=O) groups is 2. The van der Waals surface area contributed by atoms with Crippen LogP contribution in [0.5, 0.6) is 5.75 Å². The molecule has 0 aliphatic carbocycles. The third-order valence-electron chi connectivity index (χ3n) is 2.29. The second-order valence-corrected chi connectivity index (χ2v) is 3.94. The van der Waals surface area contributed by atoms with Gasteiger partial charge in [-0.1, -0.05) is 13.3 Å². The van der Waals surface area contributed by atoms with E-state index in [9.17, 15) is 9.59 Å². The average molecular weight is 266 g/mol. The number of anilines is 1. The molecule has 0 spiro atoms. The van der Waals surface area contributed by atoms with Gasteiger partial charge >= 0.3 is 12.0 Å². The second kappa shape index (κ2) is 7.97. The first-order chi connectivity index (χ1) is 9.11. The first kappa shape index (κ1) is 14.8. The van der Waals surface area contributed by atoms with Gasteiger partial charge in [0.15, 0.2) is 6.61 Å². The first-order valence-electron chi connectivity index (χ1n) is 6.11. The van der Waals surface area contributed by atoms with Gasteiger partial charge in [-0.05, 0) is 30.7 Å². The van der Waals surface area contributed by atoms with Gasteiger partial charge in [0, 0.05) is 12.2 Å². The largest absolute Gasteiger partial charge is 0.482 e. The van der Waals surface area contributed by atoms with Crippen molar-refractivity contribution in [1.82, 2.24) is 5.32 Å². The molecule has 0 saturated heterocycles. The highest BCUT2D eigenvalue weighted by atomic mass is 16.5. The predicted molar refractivity (Wildman–Crippen MR) is 71.5 cm³/mol. The minimum Gasteiger partial charge on any atom is -0.482 e. The van der Waals surface area contributed by atoms with Crippen molar-refractivity contribution in [2.75, 3.05) is 18.5 Å².